The molecule has 0 saturated carbocycles. The summed E-state index contributed by atoms with van der Waals surface area (Å²) in [6.07, 6.45) is 1.17. The quantitative estimate of drug-likeness (QED) is 0.378. The minimum atomic E-state index is -4.67. The first-order valence-corrected chi connectivity index (χ1v) is 10.8. The van der Waals surface area contributed by atoms with Crippen LogP contribution in [0.25, 0.3) is 27.9 Å². The minimum Gasteiger partial charge on any atom is -0.435 e. The summed E-state index contributed by atoms with van der Waals surface area (Å²) in [5.41, 5.74) is -0.470. The van der Waals surface area contributed by atoms with Crippen molar-refractivity contribution in [2.75, 3.05) is 18.9 Å². The number of ether oxygens (including phenoxy) is 1. The number of hydrogen-bond donors (Lipinski definition) is 3. The Morgan fingerprint density at radius 3 is 2.53 bits per heavy atom. The molecule has 4 rings (SSSR count). The summed E-state index contributed by atoms with van der Waals surface area (Å²) >= 11 is 0. The van der Waals surface area contributed by atoms with Gasteiger partial charge in [-0.05, 0) is 35.9 Å². The summed E-state index contributed by atoms with van der Waals surface area (Å²) in [5.74, 6) is -2.10. The molecule has 0 aliphatic heterocycles. The van der Waals surface area contributed by atoms with E-state index in [1.54, 1.807) is 7.05 Å². The van der Waals surface area contributed by atoms with E-state index in [-0.39, 0.29) is 39.3 Å². The van der Waals surface area contributed by atoms with Gasteiger partial charge in [0.15, 0.2) is 11.6 Å². The predicted octanol–water partition coefficient (Wildman–Crippen LogP) is 4.71. The topological polar surface area (TPSA) is 105 Å². The first-order chi connectivity index (χ1) is 18.0. The summed E-state index contributed by atoms with van der Waals surface area (Å²) in [4.78, 5) is 17.6. The molecule has 14 heteroatoms. The van der Waals surface area contributed by atoms with Gasteiger partial charge in [0.1, 0.15) is 23.3 Å². The highest BCUT2D eigenvalue weighted by molar-refractivity contribution is 6.12. The van der Waals surface area contributed by atoms with Crippen molar-refractivity contribution in [2.24, 2.45) is 0 Å². The number of allylic oxidation sites excluding steroid dienone is 5. The highest BCUT2D eigenvalue weighted by Crippen LogP contribution is 2.29. The van der Waals surface area contributed by atoms with Crippen molar-refractivity contribution in [1.82, 2.24) is 20.1 Å². The number of aromatic nitrogens is 3. The number of anilines is 1. The normalized spacial score (nSPS) is 14.8. The van der Waals surface area contributed by atoms with Crippen molar-refractivity contribution in [3.63, 3.8) is 0 Å². The Labute approximate surface area is 210 Å². The van der Waals surface area contributed by atoms with Crippen LogP contribution in [-0.4, -0.2) is 46.9 Å². The lowest BCUT2D eigenvalue weighted by atomic mass is 10.0. The van der Waals surface area contributed by atoms with Gasteiger partial charge in [-0.3, -0.25) is 4.79 Å². The molecule has 0 amide bonds. The van der Waals surface area contributed by atoms with Crippen molar-refractivity contribution in [3.8, 4) is 16.9 Å². The Morgan fingerprint density at radius 1 is 1.18 bits per heavy atom. The number of fused-ring (bicyclic) bond motifs is 1. The van der Waals surface area contributed by atoms with Crippen LogP contribution >= 0.6 is 0 Å². The molecule has 3 aromatic rings. The van der Waals surface area contributed by atoms with Crippen LogP contribution in [0.15, 0.2) is 65.1 Å². The fourth-order valence-corrected chi connectivity index (χ4v) is 3.60. The van der Waals surface area contributed by atoms with E-state index in [2.05, 4.69) is 20.1 Å². The molecule has 0 fully saturated rings. The second-order valence-electron chi connectivity index (χ2n) is 7.85. The summed E-state index contributed by atoms with van der Waals surface area (Å²) in [6.45, 7) is -4.66. The van der Waals surface area contributed by atoms with Gasteiger partial charge in [0.25, 0.3) is 5.56 Å². The third-order valence-corrected chi connectivity index (χ3v) is 5.21. The molecule has 1 aliphatic carbocycles. The maximum absolute atomic E-state index is 14.7. The van der Waals surface area contributed by atoms with Crippen molar-refractivity contribution >= 4 is 28.3 Å². The number of benzene rings is 1. The minimum absolute atomic E-state index is 0.137. The fourth-order valence-electron chi connectivity index (χ4n) is 3.60. The van der Waals surface area contributed by atoms with E-state index < -0.39 is 36.5 Å². The van der Waals surface area contributed by atoms with E-state index in [1.807, 2.05) is 5.32 Å². The maximum atomic E-state index is 14.7. The van der Waals surface area contributed by atoms with Crippen LogP contribution in [0.3, 0.4) is 0 Å². The van der Waals surface area contributed by atoms with E-state index >= 15 is 0 Å². The van der Waals surface area contributed by atoms with E-state index in [0.717, 1.165) is 10.7 Å². The maximum Gasteiger partial charge on any atom is 0.405 e. The largest absolute Gasteiger partial charge is 0.435 e. The molecule has 1 aliphatic rings. The average molecular weight is 536 g/mol. The van der Waals surface area contributed by atoms with Gasteiger partial charge in [-0.1, -0.05) is 12.1 Å². The van der Waals surface area contributed by atoms with Gasteiger partial charge in [0, 0.05) is 24.9 Å². The lowest BCUT2D eigenvalue weighted by molar-refractivity contribution is -0.115. The molecule has 0 unspecified atom stereocenters. The third kappa shape index (κ3) is 5.68. The molecule has 0 bridgehead atoms. The Balaban J connectivity index is 1.95. The smallest absolute Gasteiger partial charge is 0.405 e. The Bertz CT molecular complexity index is 1540. The zero-order chi connectivity index (χ0) is 27.6. The van der Waals surface area contributed by atoms with Crippen molar-refractivity contribution < 1.29 is 31.1 Å². The van der Waals surface area contributed by atoms with Gasteiger partial charge in [-0.25, -0.2) is 9.37 Å². The number of alkyl halides is 5. The van der Waals surface area contributed by atoms with Crippen LogP contribution in [0.4, 0.5) is 32.2 Å². The number of rotatable bonds is 7. The zero-order valence-corrected chi connectivity index (χ0v) is 19.4. The van der Waals surface area contributed by atoms with Gasteiger partial charge in [-0.2, -0.15) is 31.7 Å². The summed E-state index contributed by atoms with van der Waals surface area (Å²) < 4.78 is 83.3. The molecule has 198 valence electrons. The molecule has 0 saturated heterocycles. The molecular weight excluding hydrogens is 518 g/mol. The first-order valence-electron chi connectivity index (χ1n) is 10.8. The number of nitrogens with one attached hydrogen (secondary N) is 3. The van der Waals surface area contributed by atoms with Crippen LogP contribution in [0.2, 0.25) is 0 Å². The zero-order valence-electron chi connectivity index (χ0n) is 19.4. The number of nitrogens with zero attached hydrogens (tertiary/aromatic N) is 3. The Kier molecular flexibility index (Phi) is 7.23. The van der Waals surface area contributed by atoms with Gasteiger partial charge >= 0.3 is 12.8 Å². The van der Waals surface area contributed by atoms with Gasteiger partial charge in [0.05, 0.1) is 17.0 Å². The fraction of sp³-hybridized carbons (Fsp3) is 0.167. The molecule has 0 radical (unpaired) electrons. The van der Waals surface area contributed by atoms with Crippen molar-refractivity contribution in [3.05, 3.63) is 76.5 Å². The molecular formula is C24H18F6N6O2. The van der Waals surface area contributed by atoms with Crippen molar-refractivity contribution in [2.45, 2.75) is 12.8 Å². The standard InChI is InChI=1S/C24H18F6N6O2/c1-32-10-13-8-14(4-7-17(13)31)36-22(37)19(12-2-5-15(6-3-12)38-23(26)27)20-18(35-36)9-16(25)21(34-20)33-11-24(28,29)30/h2-10,23,31-32H,11H2,1H3,(H,33,34)/b13-10-,31-17?. The lowest BCUT2D eigenvalue weighted by Crippen LogP contribution is -2.26. The van der Waals surface area contributed by atoms with Gasteiger partial charge in [0.2, 0.25) is 0 Å². The molecule has 2 heterocycles. The molecule has 8 nitrogen and oxygen atoms in total. The molecule has 38 heavy (non-hydrogen) atoms. The number of hydrogen-bond acceptors (Lipinski definition) is 7. The lowest BCUT2D eigenvalue weighted by Gasteiger charge is -2.16. The Hall–Kier alpha value is -4.62. The Morgan fingerprint density at radius 2 is 1.89 bits per heavy atom. The van der Waals surface area contributed by atoms with Crippen LogP contribution < -0.4 is 20.9 Å². The van der Waals surface area contributed by atoms with E-state index in [9.17, 15) is 31.1 Å². The molecule has 0 spiro atoms. The summed E-state index contributed by atoms with van der Waals surface area (Å²) in [5, 5.41) is 16.8. The molecule has 2 aromatic heterocycles. The van der Waals surface area contributed by atoms with Crippen LogP contribution in [-0.2, 0) is 0 Å². The monoisotopic (exact) mass is 536 g/mol. The molecule has 3 N–H and O–H groups in total. The number of pyridine rings is 1. The third-order valence-electron chi connectivity index (χ3n) is 5.21. The second kappa shape index (κ2) is 10.4. The van der Waals surface area contributed by atoms with Crippen LogP contribution in [0.1, 0.15) is 0 Å². The van der Waals surface area contributed by atoms with Gasteiger partial charge < -0.3 is 20.8 Å². The predicted molar refractivity (Wildman–Crippen MR) is 129 cm³/mol. The summed E-state index contributed by atoms with van der Waals surface area (Å²) in [7, 11) is 1.62. The SMILES string of the molecule is CN/C=C1/C=C(n2nc3cc(F)c(NCC(F)(F)F)nc3c(-c3ccc(OC(F)F)cc3)c2=O)C=CC1=N. The van der Waals surface area contributed by atoms with Gasteiger partial charge in [-0.15, -0.1) is 0 Å². The number of halogens is 6. The second-order valence-corrected chi connectivity index (χ2v) is 7.85. The van der Waals surface area contributed by atoms with E-state index in [0.29, 0.717) is 5.57 Å². The average Bonchev–Trinajstić information content (AvgIpc) is 2.84. The van der Waals surface area contributed by atoms with Crippen LogP contribution in [0, 0.1) is 11.2 Å². The summed E-state index contributed by atoms with van der Waals surface area (Å²) in [6, 6.07) is 5.71. The molecule has 1 aromatic carbocycles. The highest BCUT2D eigenvalue weighted by Gasteiger charge is 2.28. The highest BCUT2D eigenvalue weighted by atomic mass is 19.4. The van der Waals surface area contributed by atoms with E-state index in [4.69, 9.17) is 5.41 Å². The first kappa shape index (κ1) is 26.4. The molecule has 0 atom stereocenters. The van der Waals surface area contributed by atoms with Crippen molar-refractivity contribution in [1.29, 1.82) is 5.41 Å². The van der Waals surface area contributed by atoms with Crippen LogP contribution in [0.5, 0.6) is 5.75 Å². The van der Waals surface area contributed by atoms with E-state index in [1.165, 1.54) is 48.7 Å².